The van der Waals surface area contributed by atoms with Gasteiger partial charge < -0.3 is 15.2 Å². The number of carbonyl (C=O) groups is 1. The first-order valence-electron chi connectivity index (χ1n) is 8.74. The smallest absolute Gasteiger partial charge is 0.272 e. The van der Waals surface area contributed by atoms with Gasteiger partial charge in [-0.2, -0.15) is 5.10 Å². The van der Waals surface area contributed by atoms with Crippen molar-refractivity contribution in [1.29, 1.82) is 0 Å². The highest BCUT2D eigenvalue weighted by Gasteiger charge is 2.26. The largest absolute Gasteiger partial charge is 0.494 e. The molecule has 6 nitrogen and oxygen atoms in total. The summed E-state index contributed by atoms with van der Waals surface area (Å²) in [6.07, 6.45) is 5.81. The fourth-order valence-electron chi connectivity index (χ4n) is 3.42. The summed E-state index contributed by atoms with van der Waals surface area (Å²) in [5.41, 5.74) is 2.25. The Hall–Kier alpha value is -2.34. The number of nitrogens with zero attached hydrogens (tertiary/aromatic N) is 2. The van der Waals surface area contributed by atoms with Gasteiger partial charge in [0.15, 0.2) is 5.69 Å². The molecule has 0 saturated heterocycles. The molecular weight excluding hydrogens is 318 g/mol. The number of hydrogen-bond acceptors (Lipinski definition) is 4. The monoisotopic (exact) mass is 343 g/mol. The lowest BCUT2D eigenvalue weighted by Gasteiger charge is -2.30. The number of nitrogens with one attached hydrogen (secondary N) is 1. The number of aromatic nitrogens is 2. The minimum Gasteiger partial charge on any atom is -0.494 e. The molecule has 134 valence electrons. The molecule has 1 aromatic carbocycles. The van der Waals surface area contributed by atoms with Crippen molar-refractivity contribution in [2.24, 2.45) is 5.92 Å². The molecule has 1 aliphatic rings. The minimum absolute atomic E-state index is 0.0184. The third-order valence-electron chi connectivity index (χ3n) is 4.86. The molecule has 1 amide bonds. The SMILES string of the molecule is COc1ccc(C)cc1-n1ccc(C(=O)NC2CCCCC2CO)n1. The van der Waals surface area contributed by atoms with E-state index in [1.54, 1.807) is 24.1 Å². The molecule has 0 aliphatic heterocycles. The van der Waals surface area contributed by atoms with Gasteiger partial charge in [-0.05, 0) is 43.5 Å². The van der Waals surface area contributed by atoms with Gasteiger partial charge in [-0.3, -0.25) is 4.79 Å². The van der Waals surface area contributed by atoms with E-state index in [2.05, 4.69) is 10.4 Å². The maximum Gasteiger partial charge on any atom is 0.272 e. The quantitative estimate of drug-likeness (QED) is 0.874. The maximum atomic E-state index is 12.5. The van der Waals surface area contributed by atoms with Gasteiger partial charge >= 0.3 is 0 Å². The Labute approximate surface area is 147 Å². The second kappa shape index (κ2) is 7.70. The van der Waals surface area contributed by atoms with E-state index in [0.29, 0.717) is 11.4 Å². The van der Waals surface area contributed by atoms with Gasteiger partial charge in [-0.25, -0.2) is 4.68 Å². The summed E-state index contributed by atoms with van der Waals surface area (Å²) in [6.45, 7) is 2.11. The van der Waals surface area contributed by atoms with E-state index in [4.69, 9.17) is 4.74 Å². The van der Waals surface area contributed by atoms with Crippen LogP contribution in [0.3, 0.4) is 0 Å². The van der Waals surface area contributed by atoms with Crippen molar-refractivity contribution in [1.82, 2.24) is 15.1 Å². The predicted octanol–water partition coefficient (Wildman–Crippen LogP) is 2.47. The molecular formula is C19H25N3O3. The van der Waals surface area contributed by atoms with E-state index >= 15 is 0 Å². The van der Waals surface area contributed by atoms with E-state index in [-0.39, 0.29) is 24.5 Å². The van der Waals surface area contributed by atoms with Crippen LogP contribution in [0.4, 0.5) is 0 Å². The zero-order valence-corrected chi connectivity index (χ0v) is 14.7. The minimum atomic E-state index is -0.198. The van der Waals surface area contributed by atoms with Crippen molar-refractivity contribution in [2.45, 2.75) is 38.6 Å². The number of benzene rings is 1. The van der Waals surface area contributed by atoms with E-state index in [9.17, 15) is 9.90 Å². The van der Waals surface area contributed by atoms with Gasteiger partial charge in [0, 0.05) is 24.8 Å². The Balaban J connectivity index is 1.77. The van der Waals surface area contributed by atoms with Gasteiger partial charge in [0.25, 0.3) is 5.91 Å². The Morgan fingerprint density at radius 3 is 2.92 bits per heavy atom. The van der Waals surface area contributed by atoms with Crippen LogP contribution in [0.2, 0.25) is 0 Å². The van der Waals surface area contributed by atoms with E-state index < -0.39 is 0 Å². The van der Waals surface area contributed by atoms with Crippen LogP contribution in [0.15, 0.2) is 30.5 Å². The molecule has 2 unspecified atom stereocenters. The summed E-state index contributed by atoms with van der Waals surface area (Å²) < 4.78 is 7.04. The highest BCUT2D eigenvalue weighted by atomic mass is 16.5. The lowest BCUT2D eigenvalue weighted by molar-refractivity contribution is 0.0867. The molecule has 1 aliphatic carbocycles. The molecule has 0 spiro atoms. The van der Waals surface area contributed by atoms with Crippen LogP contribution in [-0.4, -0.2) is 40.6 Å². The molecule has 1 heterocycles. The van der Waals surface area contributed by atoms with Crippen molar-refractivity contribution in [2.75, 3.05) is 13.7 Å². The van der Waals surface area contributed by atoms with E-state index in [1.165, 1.54) is 0 Å². The van der Waals surface area contributed by atoms with Gasteiger partial charge in [0.05, 0.1) is 7.11 Å². The van der Waals surface area contributed by atoms with Crippen molar-refractivity contribution < 1.29 is 14.6 Å². The number of carbonyl (C=O) groups excluding carboxylic acids is 1. The molecule has 0 bridgehead atoms. The zero-order chi connectivity index (χ0) is 17.8. The Morgan fingerprint density at radius 2 is 2.16 bits per heavy atom. The highest BCUT2D eigenvalue weighted by Crippen LogP contribution is 2.25. The summed E-state index contributed by atoms with van der Waals surface area (Å²) in [5, 5.41) is 16.9. The van der Waals surface area contributed by atoms with Crippen molar-refractivity contribution in [3.63, 3.8) is 0 Å². The number of aryl methyl sites for hydroxylation is 1. The first-order chi connectivity index (χ1) is 12.1. The van der Waals surface area contributed by atoms with Crippen LogP contribution in [0, 0.1) is 12.8 Å². The van der Waals surface area contributed by atoms with Crippen molar-refractivity contribution >= 4 is 5.91 Å². The molecule has 1 saturated carbocycles. The lowest BCUT2D eigenvalue weighted by atomic mass is 9.85. The average molecular weight is 343 g/mol. The number of aliphatic hydroxyl groups is 1. The number of aliphatic hydroxyl groups excluding tert-OH is 1. The summed E-state index contributed by atoms with van der Waals surface area (Å²) >= 11 is 0. The predicted molar refractivity (Wildman–Crippen MR) is 95.2 cm³/mol. The second-order valence-electron chi connectivity index (χ2n) is 6.63. The van der Waals surface area contributed by atoms with E-state index in [0.717, 1.165) is 36.9 Å². The van der Waals surface area contributed by atoms with Crippen LogP contribution in [-0.2, 0) is 0 Å². The number of rotatable bonds is 5. The highest BCUT2D eigenvalue weighted by molar-refractivity contribution is 5.92. The molecule has 25 heavy (non-hydrogen) atoms. The number of hydrogen-bond donors (Lipinski definition) is 2. The summed E-state index contributed by atoms with van der Waals surface area (Å²) in [5.74, 6) is 0.639. The number of amides is 1. The normalized spacial score (nSPS) is 20.3. The average Bonchev–Trinajstić information content (AvgIpc) is 3.12. The van der Waals surface area contributed by atoms with Crippen LogP contribution in [0.25, 0.3) is 5.69 Å². The third-order valence-corrected chi connectivity index (χ3v) is 4.86. The summed E-state index contributed by atoms with van der Waals surface area (Å²) in [6, 6.07) is 7.55. The second-order valence-corrected chi connectivity index (χ2v) is 6.63. The first kappa shape index (κ1) is 17.5. The van der Waals surface area contributed by atoms with Crippen LogP contribution < -0.4 is 10.1 Å². The van der Waals surface area contributed by atoms with Crippen LogP contribution >= 0.6 is 0 Å². The summed E-state index contributed by atoms with van der Waals surface area (Å²) in [7, 11) is 1.61. The maximum absolute atomic E-state index is 12.5. The van der Waals surface area contributed by atoms with Gasteiger partial charge in [0.1, 0.15) is 11.4 Å². The molecule has 3 rings (SSSR count). The molecule has 2 N–H and O–H groups in total. The third kappa shape index (κ3) is 3.85. The Kier molecular flexibility index (Phi) is 5.38. The van der Waals surface area contributed by atoms with E-state index in [1.807, 2.05) is 25.1 Å². The molecule has 1 fully saturated rings. The number of methoxy groups -OCH3 is 1. The van der Waals surface area contributed by atoms with Crippen molar-refractivity contribution in [3.05, 3.63) is 41.7 Å². The molecule has 2 aromatic rings. The van der Waals surface area contributed by atoms with Gasteiger partial charge in [0.2, 0.25) is 0 Å². The molecule has 1 aromatic heterocycles. The topological polar surface area (TPSA) is 76.4 Å². The zero-order valence-electron chi connectivity index (χ0n) is 14.7. The molecule has 0 radical (unpaired) electrons. The van der Waals surface area contributed by atoms with Crippen LogP contribution in [0.5, 0.6) is 5.75 Å². The number of ether oxygens (including phenoxy) is 1. The molecule has 2 atom stereocenters. The molecule has 6 heteroatoms. The standard InChI is InChI=1S/C19H25N3O3/c1-13-7-8-18(25-2)17(11-13)22-10-9-16(21-22)19(24)20-15-6-4-3-5-14(15)12-23/h7-11,14-15,23H,3-6,12H2,1-2H3,(H,20,24). The first-order valence-corrected chi connectivity index (χ1v) is 8.74. The van der Waals surface area contributed by atoms with Crippen molar-refractivity contribution in [3.8, 4) is 11.4 Å². The Morgan fingerprint density at radius 1 is 1.36 bits per heavy atom. The lowest BCUT2D eigenvalue weighted by Crippen LogP contribution is -2.43. The Bertz CT molecular complexity index is 741. The fraction of sp³-hybridized carbons (Fsp3) is 0.474. The van der Waals surface area contributed by atoms with Crippen LogP contribution in [0.1, 0.15) is 41.7 Å². The summed E-state index contributed by atoms with van der Waals surface area (Å²) in [4.78, 5) is 12.5. The van der Waals surface area contributed by atoms with Gasteiger partial charge in [-0.15, -0.1) is 0 Å². The fourth-order valence-corrected chi connectivity index (χ4v) is 3.42. The van der Waals surface area contributed by atoms with Gasteiger partial charge in [-0.1, -0.05) is 18.9 Å².